The first-order chi connectivity index (χ1) is 7.91. The third-order valence-corrected chi connectivity index (χ3v) is 2.84. The van der Waals surface area contributed by atoms with Crippen LogP contribution in [0.3, 0.4) is 0 Å². The number of hydrogen-bond donors (Lipinski definition) is 1. The van der Waals surface area contributed by atoms with Crippen LogP contribution in [0.25, 0.3) is 11.5 Å². The van der Waals surface area contributed by atoms with Gasteiger partial charge in [0.15, 0.2) is 10.6 Å². The third-order valence-electron chi connectivity index (χ3n) is 2.56. The molecule has 0 radical (unpaired) electrons. The van der Waals surface area contributed by atoms with Gasteiger partial charge in [-0.3, -0.25) is 14.6 Å². The van der Waals surface area contributed by atoms with Crippen LogP contribution >= 0.6 is 12.2 Å². The van der Waals surface area contributed by atoms with Gasteiger partial charge in [0.1, 0.15) is 5.69 Å². The van der Waals surface area contributed by atoms with E-state index in [1.165, 1.54) is 0 Å². The van der Waals surface area contributed by atoms with Gasteiger partial charge in [-0.15, -0.1) is 0 Å². The van der Waals surface area contributed by atoms with Crippen LogP contribution in [-0.2, 0) is 5.54 Å². The smallest absolute Gasteiger partial charge is 0.195 e. The van der Waals surface area contributed by atoms with E-state index in [0.29, 0.717) is 4.77 Å². The molecule has 0 saturated heterocycles. The Morgan fingerprint density at radius 2 is 2.06 bits per heavy atom. The highest BCUT2D eigenvalue weighted by molar-refractivity contribution is 7.71. The summed E-state index contributed by atoms with van der Waals surface area (Å²) in [5.74, 6) is 0.792. The first kappa shape index (κ1) is 12.0. The van der Waals surface area contributed by atoms with E-state index in [0.717, 1.165) is 17.1 Å². The summed E-state index contributed by atoms with van der Waals surface area (Å²) < 4.78 is 2.62. The number of nitrogens with one attached hydrogen (secondary N) is 1. The number of hydrogen-bond acceptors (Lipinski definition) is 3. The number of aromatic nitrogens is 4. The lowest BCUT2D eigenvalue weighted by Crippen LogP contribution is -2.23. The van der Waals surface area contributed by atoms with Crippen molar-refractivity contribution in [3.05, 3.63) is 28.7 Å². The maximum atomic E-state index is 5.28. The quantitative estimate of drug-likeness (QED) is 0.789. The average molecular weight is 248 g/mol. The van der Waals surface area contributed by atoms with Gasteiger partial charge in [0.25, 0.3) is 0 Å². The summed E-state index contributed by atoms with van der Waals surface area (Å²) >= 11 is 5.28. The van der Waals surface area contributed by atoms with Crippen LogP contribution in [0.2, 0.25) is 0 Å². The zero-order valence-electron chi connectivity index (χ0n) is 10.5. The molecule has 2 heterocycles. The average Bonchev–Trinajstić information content (AvgIpc) is 2.60. The molecular formula is C12H16N4S. The van der Waals surface area contributed by atoms with Gasteiger partial charge >= 0.3 is 0 Å². The summed E-state index contributed by atoms with van der Waals surface area (Å²) in [6.45, 7) is 8.31. The van der Waals surface area contributed by atoms with Crippen molar-refractivity contribution >= 4 is 12.2 Å². The molecule has 0 aromatic carbocycles. The Hall–Kier alpha value is -1.49. The topological polar surface area (TPSA) is 46.5 Å². The molecule has 0 unspecified atom stereocenters. The standard InChI is InChI=1S/C12H16N4S/c1-8-6-5-7-13-9(8)10-14-15-11(17)16(10)12(2,3)4/h5-7H,1-4H3,(H,15,17). The Bertz CT molecular complexity index is 589. The molecule has 5 heteroatoms. The Labute approximate surface area is 106 Å². The molecule has 2 rings (SSSR count). The largest absolute Gasteiger partial charge is 0.293 e. The van der Waals surface area contributed by atoms with Gasteiger partial charge in [0, 0.05) is 11.7 Å². The SMILES string of the molecule is Cc1cccnc1-c1n[nH]c(=S)n1C(C)(C)C. The first-order valence-corrected chi connectivity index (χ1v) is 5.92. The number of rotatable bonds is 1. The monoisotopic (exact) mass is 248 g/mol. The number of aromatic amines is 1. The molecular weight excluding hydrogens is 232 g/mol. The molecule has 4 nitrogen and oxygen atoms in total. The number of nitrogens with zero attached hydrogens (tertiary/aromatic N) is 3. The highest BCUT2D eigenvalue weighted by Crippen LogP contribution is 2.24. The van der Waals surface area contributed by atoms with Crippen LogP contribution in [0, 0.1) is 11.7 Å². The predicted octanol–water partition coefficient (Wildman–Crippen LogP) is 3.07. The summed E-state index contributed by atoms with van der Waals surface area (Å²) in [5, 5.41) is 7.14. The van der Waals surface area contributed by atoms with E-state index in [2.05, 4.69) is 36.0 Å². The molecule has 0 saturated carbocycles. The maximum Gasteiger partial charge on any atom is 0.195 e. The van der Waals surface area contributed by atoms with Gasteiger partial charge in [0.05, 0.1) is 0 Å². The summed E-state index contributed by atoms with van der Waals surface area (Å²) in [6, 6.07) is 3.94. The van der Waals surface area contributed by atoms with Crippen LogP contribution < -0.4 is 0 Å². The minimum absolute atomic E-state index is 0.122. The Kier molecular flexibility index (Phi) is 2.87. The second kappa shape index (κ2) is 4.07. The lowest BCUT2D eigenvalue weighted by atomic mass is 10.1. The van der Waals surface area contributed by atoms with Gasteiger partial charge in [0.2, 0.25) is 0 Å². The molecule has 0 bridgehead atoms. The first-order valence-electron chi connectivity index (χ1n) is 5.51. The van der Waals surface area contributed by atoms with Crippen molar-refractivity contribution in [1.29, 1.82) is 0 Å². The molecule has 2 aromatic rings. The normalized spacial score (nSPS) is 11.8. The summed E-state index contributed by atoms with van der Waals surface area (Å²) in [6.07, 6.45) is 1.77. The van der Waals surface area contributed by atoms with Crippen molar-refractivity contribution < 1.29 is 0 Å². The molecule has 0 spiro atoms. The third kappa shape index (κ3) is 2.15. The molecule has 0 fully saturated rings. The van der Waals surface area contributed by atoms with Crippen molar-refractivity contribution in [1.82, 2.24) is 19.7 Å². The van der Waals surface area contributed by atoms with Gasteiger partial charge in [-0.05, 0) is 51.5 Å². The van der Waals surface area contributed by atoms with Crippen LogP contribution in [0.5, 0.6) is 0 Å². The van der Waals surface area contributed by atoms with Crippen LogP contribution in [0.15, 0.2) is 18.3 Å². The van der Waals surface area contributed by atoms with Crippen LogP contribution in [0.1, 0.15) is 26.3 Å². The fourth-order valence-electron chi connectivity index (χ4n) is 1.80. The number of pyridine rings is 1. The van der Waals surface area contributed by atoms with Crippen molar-refractivity contribution in [2.24, 2.45) is 0 Å². The van der Waals surface area contributed by atoms with Crippen molar-refractivity contribution in [2.75, 3.05) is 0 Å². The predicted molar refractivity (Wildman–Crippen MR) is 70.4 cm³/mol. The van der Waals surface area contributed by atoms with E-state index >= 15 is 0 Å². The minimum atomic E-state index is -0.122. The highest BCUT2D eigenvalue weighted by atomic mass is 32.1. The Morgan fingerprint density at radius 3 is 2.65 bits per heavy atom. The van der Waals surface area contributed by atoms with E-state index in [9.17, 15) is 0 Å². The molecule has 0 aliphatic carbocycles. The second-order valence-electron chi connectivity index (χ2n) is 5.03. The van der Waals surface area contributed by atoms with E-state index in [1.807, 2.05) is 23.6 Å². The highest BCUT2D eigenvalue weighted by Gasteiger charge is 2.21. The zero-order chi connectivity index (χ0) is 12.6. The Morgan fingerprint density at radius 1 is 1.35 bits per heavy atom. The molecule has 0 amide bonds. The molecule has 1 N–H and O–H groups in total. The summed E-state index contributed by atoms with van der Waals surface area (Å²) in [4.78, 5) is 4.39. The van der Waals surface area contributed by atoms with Crippen LogP contribution in [-0.4, -0.2) is 19.7 Å². The lowest BCUT2D eigenvalue weighted by molar-refractivity contribution is 0.395. The van der Waals surface area contributed by atoms with Crippen molar-refractivity contribution in [2.45, 2.75) is 33.2 Å². The van der Waals surface area contributed by atoms with Crippen LogP contribution in [0.4, 0.5) is 0 Å². The molecule has 2 aromatic heterocycles. The lowest BCUT2D eigenvalue weighted by Gasteiger charge is -2.22. The van der Waals surface area contributed by atoms with Gasteiger partial charge < -0.3 is 0 Å². The van der Waals surface area contributed by atoms with E-state index in [1.54, 1.807) is 6.20 Å². The summed E-state index contributed by atoms with van der Waals surface area (Å²) in [5.41, 5.74) is 1.84. The van der Waals surface area contributed by atoms with E-state index < -0.39 is 0 Å². The van der Waals surface area contributed by atoms with Gasteiger partial charge in [-0.1, -0.05) is 6.07 Å². The number of H-pyrrole nitrogens is 1. The van der Waals surface area contributed by atoms with Crippen molar-refractivity contribution in [3.8, 4) is 11.5 Å². The molecule has 17 heavy (non-hydrogen) atoms. The van der Waals surface area contributed by atoms with Gasteiger partial charge in [-0.2, -0.15) is 5.10 Å². The van der Waals surface area contributed by atoms with Crippen molar-refractivity contribution in [3.63, 3.8) is 0 Å². The summed E-state index contributed by atoms with van der Waals surface area (Å²) in [7, 11) is 0. The van der Waals surface area contributed by atoms with E-state index in [-0.39, 0.29) is 5.54 Å². The maximum absolute atomic E-state index is 5.28. The van der Waals surface area contributed by atoms with Gasteiger partial charge in [-0.25, -0.2) is 0 Å². The van der Waals surface area contributed by atoms with E-state index in [4.69, 9.17) is 12.2 Å². The fraction of sp³-hybridized carbons (Fsp3) is 0.417. The molecule has 0 atom stereocenters. The minimum Gasteiger partial charge on any atom is -0.293 e. The fourth-order valence-corrected chi connectivity index (χ4v) is 2.20. The second-order valence-corrected chi connectivity index (χ2v) is 5.41. The Balaban J connectivity index is 2.71. The molecule has 90 valence electrons. The molecule has 0 aliphatic heterocycles. The number of aryl methyl sites for hydroxylation is 1. The molecule has 0 aliphatic rings. The zero-order valence-corrected chi connectivity index (χ0v) is 11.3.